The first-order valence-electron chi connectivity index (χ1n) is 4.10. The summed E-state index contributed by atoms with van der Waals surface area (Å²) in [5.74, 6) is 0.783. The molecule has 1 rings (SSSR count). The highest BCUT2D eigenvalue weighted by atomic mass is 15.2. The molecular formula is C8H18N2. The third kappa shape index (κ3) is 2.27. The van der Waals surface area contributed by atoms with Crippen LogP contribution in [-0.2, 0) is 0 Å². The summed E-state index contributed by atoms with van der Waals surface area (Å²) in [6.45, 7) is 8.11. The first-order chi connectivity index (χ1) is 4.68. The van der Waals surface area contributed by atoms with E-state index in [1.165, 1.54) is 19.6 Å². The van der Waals surface area contributed by atoms with Gasteiger partial charge in [-0.1, -0.05) is 13.8 Å². The summed E-state index contributed by atoms with van der Waals surface area (Å²) in [6.07, 6.45) is 0. The fourth-order valence-corrected chi connectivity index (χ4v) is 1.23. The van der Waals surface area contributed by atoms with Crippen LogP contribution >= 0.6 is 0 Å². The first-order valence-corrected chi connectivity index (χ1v) is 4.10. The average molecular weight is 142 g/mol. The molecule has 0 aromatic heterocycles. The van der Waals surface area contributed by atoms with Gasteiger partial charge in [0.2, 0.25) is 0 Å². The zero-order valence-electron chi connectivity index (χ0n) is 7.22. The smallest absolute Gasteiger partial charge is 0.0322 e. The Balaban J connectivity index is 1.95. The molecule has 1 fully saturated rings. The van der Waals surface area contributed by atoms with Gasteiger partial charge < -0.3 is 10.2 Å². The molecule has 1 aliphatic rings. The van der Waals surface area contributed by atoms with Crippen LogP contribution in [0.1, 0.15) is 13.8 Å². The molecule has 0 aromatic carbocycles. The minimum absolute atomic E-state index is 0.771. The van der Waals surface area contributed by atoms with Gasteiger partial charge in [-0.25, -0.2) is 0 Å². The molecule has 2 nitrogen and oxygen atoms in total. The van der Waals surface area contributed by atoms with Crippen LogP contribution in [0.3, 0.4) is 0 Å². The highest BCUT2D eigenvalue weighted by molar-refractivity contribution is 4.83. The van der Waals surface area contributed by atoms with Gasteiger partial charge in [-0.05, 0) is 19.5 Å². The molecule has 1 heterocycles. The maximum Gasteiger partial charge on any atom is 0.0322 e. The van der Waals surface area contributed by atoms with E-state index in [0.717, 1.165) is 12.0 Å². The fourth-order valence-electron chi connectivity index (χ4n) is 1.23. The van der Waals surface area contributed by atoms with E-state index < -0.39 is 0 Å². The third-order valence-corrected chi connectivity index (χ3v) is 1.88. The zero-order valence-corrected chi connectivity index (χ0v) is 7.22. The van der Waals surface area contributed by atoms with Crippen LogP contribution in [0.25, 0.3) is 0 Å². The summed E-state index contributed by atoms with van der Waals surface area (Å²) in [5, 5.41) is 3.51. The van der Waals surface area contributed by atoms with E-state index in [2.05, 4.69) is 31.1 Å². The van der Waals surface area contributed by atoms with Crippen molar-refractivity contribution in [1.29, 1.82) is 0 Å². The standard InChI is InChI=1S/C8H18N2/c1-7(2)4-9-8-5-10(3)6-8/h7-9H,4-6H2,1-3H3. The maximum absolute atomic E-state index is 3.51. The van der Waals surface area contributed by atoms with E-state index in [1.807, 2.05) is 0 Å². The van der Waals surface area contributed by atoms with E-state index >= 15 is 0 Å². The number of hydrogen-bond donors (Lipinski definition) is 1. The monoisotopic (exact) mass is 142 g/mol. The second-order valence-corrected chi connectivity index (χ2v) is 3.72. The Morgan fingerprint density at radius 1 is 1.50 bits per heavy atom. The average Bonchev–Trinajstić information content (AvgIpc) is 1.77. The lowest BCUT2D eigenvalue weighted by molar-refractivity contribution is 0.159. The molecule has 0 aromatic rings. The molecule has 60 valence electrons. The van der Waals surface area contributed by atoms with Crippen molar-refractivity contribution in [3.63, 3.8) is 0 Å². The van der Waals surface area contributed by atoms with E-state index in [4.69, 9.17) is 0 Å². The molecule has 0 bridgehead atoms. The number of likely N-dealkylation sites (N-methyl/N-ethyl adjacent to an activating group) is 1. The molecule has 0 unspecified atom stereocenters. The summed E-state index contributed by atoms with van der Waals surface area (Å²) in [4.78, 5) is 2.33. The Morgan fingerprint density at radius 3 is 2.50 bits per heavy atom. The van der Waals surface area contributed by atoms with Crippen LogP contribution in [0.5, 0.6) is 0 Å². The van der Waals surface area contributed by atoms with Crippen LogP contribution in [0.2, 0.25) is 0 Å². The lowest BCUT2D eigenvalue weighted by Gasteiger charge is -2.37. The Hall–Kier alpha value is -0.0800. The molecule has 0 saturated carbocycles. The van der Waals surface area contributed by atoms with Crippen molar-refractivity contribution >= 4 is 0 Å². The number of nitrogens with zero attached hydrogens (tertiary/aromatic N) is 1. The van der Waals surface area contributed by atoms with E-state index in [9.17, 15) is 0 Å². The van der Waals surface area contributed by atoms with Crippen molar-refractivity contribution < 1.29 is 0 Å². The maximum atomic E-state index is 3.51. The van der Waals surface area contributed by atoms with Crippen LogP contribution in [0.4, 0.5) is 0 Å². The molecule has 0 atom stereocenters. The highest BCUT2D eigenvalue weighted by Gasteiger charge is 2.21. The Bertz CT molecular complexity index is 95.4. The summed E-state index contributed by atoms with van der Waals surface area (Å²) < 4.78 is 0. The second-order valence-electron chi connectivity index (χ2n) is 3.72. The second kappa shape index (κ2) is 3.35. The van der Waals surface area contributed by atoms with Crippen LogP contribution in [-0.4, -0.2) is 37.6 Å². The van der Waals surface area contributed by atoms with Gasteiger partial charge >= 0.3 is 0 Å². The van der Waals surface area contributed by atoms with Crippen LogP contribution in [0, 0.1) is 5.92 Å². The van der Waals surface area contributed by atoms with E-state index in [-0.39, 0.29) is 0 Å². The molecule has 10 heavy (non-hydrogen) atoms. The largest absolute Gasteiger partial charge is 0.311 e. The van der Waals surface area contributed by atoms with Crippen molar-refractivity contribution in [2.24, 2.45) is 5.92 Å². The topological polar surface area (TPSA) is 15.3 Å². The van der Waals surface area contributed by atoms with Gasteiger partial charge in [0.15, 0.2) is 0 Å². The van der Waals surface area contributed by atoms with Crippen molar-refractivity contribution in [3.8, 4) is 0 Å². The molecule has 0 spiro atoms. The lowest BCUT2D eigenvalue weighted by Crippen LogP contribution is -2.56. The molecule has 0 amide bonds. The van der Waals surface area contributed by atoms with Gasteiger partial charge in [-0.2, -0.15) is 0 Å². The molecule has 0 radical (unpaired) electrons. The number of hydrogen-bond acceptors (Lipinski definition) is 2. The molecule has 1 aliphatic heterocycles. The minimum atomic E-state index is 0.771. The molecule has 0 aliphatic carbocycles. The van der Waals surface area contributed by atoms with Gasteiger partial charge in [0, 0.05) is 19.1 Å². The fraction of sp³-hybridized carbons (Fsp3) is 1.00. The van der Waals surface area contributed by atoms with Gasteiger partial charge in [0.1, 0.15) is 0 Å². The summed E-state index contributed by atoms with van der Waals surface area (Å²) in [5.41, 5.74) is 0. The predicted octanol–water partition coefficient (Wildman–Crippen LogP) is 0.546. The Kier molecular flexibility index (Phi) is 2.69. The quantitative estimate of drug-likeness (QED) is 0.619. The van der Waals surface area contributed by atoms with Gasteiger partial charge in [-0.3, -0.25) is 0 Å². The van der Waals surface area contributed by atoms with Crippen molar-refractivity contribution in [3.05, 3.63) is 0 Å². The number of rotatable bonds is 3. The van der Waals surface area contributed by atoms with Gasteiger partial charge in [-0.15, -0.1) is 0 Å². The first kappa shape index (κ1) is 8.02. The van der Waals surface area contributed by atoms with Crippen molar-refractivity contribution in [1.82, 2.24) is 10.2 Å². The Morgan fingerprint density at radius 2 is 2.10 bits per heavy atom. The SMILES string of the molecule is CC(C)CNC1CN(C)C1. The third-order valence-electron chi connectivity index (χ3n) is 1.88. The summed E-state index contributed by atoms with van der Waals surface area (Å²) in [7, 11) is 2.16. The number of nitrogens with one attached hydrogen (secondary N) is 1. The zero-order chi connectivity index (χ0) is 7.56. The Labute approximate surface area is 63.6 Å². The lowest BCUT2D eigenvalue weighted by atomic mass is 10.1. The predicted molar refractivity (Wildman–Crippen MR) is 44.1 cm³/mol. The highest BCUT2D eigenvalue weighted by Crippen LogP contribution is 2.03. The van der Waals surface area contributed by atoms with Crippen LogP contribution in [0.15, 0.2) is 0 Å². The van der Waals surface area contributed by atoms with Crippen molar-refractivity contribution in [2.75, 3.05) is 26.7 Å². The summed E-state index contributed by atoms with van der Waals surface area (Å²) in [6, 6.07) is 0.771. The van der Waals surface area contributed by atoms with Crippen LogP contribution < -0.4 is 5.32 Å². The summed E-state index contributed by atoms with van der Waals surface area (Å²) >= 11 is 0. The number of likely N-dealkylation sites (tertiary alicyclic amines) is 1. The van der Waals surface area contributed by atoms with E-state index in [0.29, 0.717) is 0 Å². The van der Waals surface area contributed by atoms with Gasteiger partial charge in [0.25, 0.3) is 0 Å². The van der Waals surface area contributed by atoms with Crippen molar-refractivity contribution in [2.45, 2.75) is 19.9 Å². The molecule has 2 heteroatoms. The van der Waals surface area contributed by atoms with Gasteiger partial charge in [0.05, 0.1) is 0 Å². The molecular weight excluding hydrogens is 124 g/mol. The minimum Gasteiger partial charge on any atom is -0.311 e. The normalized spacial score (nSPS) is 21.6. The van der Waals surface area contributed by atoms with E-state index in [1.54, 1.807) is 0 Å². The molecule has 1 N–H and O–H groups in total. The molecule has 1 saturated heterocycles.